The number of thioether (sulfide) groups is 1. The minimum absolute atomic E-state index is 0.0797. The molecule has 2 atom stereocenters. The van der Waals surface area contributed by atoms with Gasteiger partial charge in [-0.3, -0.25) is 0 Å². The first-order chi connectivity index (χ1) is 9.67. The van der Waals surface area contributed by atoms with Gasteiger partial charge in [0.15, 0.2) is 0 Å². The summed E-state index contributed by atoms with van der Waals surface area (Å²) in [5, 5.41) is 10.7. The van der Waals surface area contributed by atoms with E-state index in [1.807, 2.05) is 30.5 Å². The highest BCUT2D eigenvalue weighted by Crippen LogP contribution is 2.35. The Labute approximate surface area is 125 Å². The van der Waals surface area contributed by atoms with Gasteiger partial charge in [0.2, 0.25) is 0 Å². The number of aliphatic hydroxyl groups excluding tert-OH is 1. The van der Waals surface area contributed by atoms with E-state index in [4.69, 9.17) is 5.73 Å². The molecule has 0 spiro atoms. The molecule has 0 saturated heterocycles. The minimum Gasteiger partial charge on any atom is -0.388 e. The van der Waals surface area contributed by atoms with Crippen molar-refractivity contribution >= 4 is 11.8 Å². The summed E-state index contributed by atoms with van der Waals surface area (Å²) < 4.78 is 0. The van der Waals surface area contributed by atoms with Gasteiger partial charge in [-0.1, -0.05) is 48.0 Å². The zero-order valence-corrected chi connectivity index (χ0v) is 12.7. The van der Waals surface area contributed by atoms with Crippen molar-refractivity contribution in [2.24, 2.45) is 5.73 Å². The molecule has 0 heterocycles. The molecule has 2 aromatic carbocycles. The Morgan fingerprint density at radius 1 is 1.10 bits per heavy atom. The summed E-state index contributed by atoms with van der Waals surface area (Å²) in [5.74, 6) is -0.0797. The number of hydrogen-bond donors (Lipinski definition) is 2. The van der Waals surface area contributed by atoms with Crippen LogP contribution in [0.4, 0.5) is 0 Å². The molecule has 0 saturated carbocycles. The third kappa shape index (κ3) is 3.23. The van der Waals surface area contributed by atoms with E-state index in [0.717, 1.165) is 16.0 Å². The summed E-state index contributed by atoms with van der Waals surface area (Å²) in [6, 6.07) is 16.2. The zero-order chi connectivity index (χ0) is 14.5. The monoisotopic (exact) mass is 287 g/mol. The topological polar surface area (TPSA) is 46.2 Å². The van der Waals surface area contributed by atoms with Gasteiger partial charge in [-0.2, -0.15) is 0 Å². The van der Waals surface area contributed by atoms with Gasteiger partial charge in [-0.15, -0.1) is 11.8 Å². The molecule has 0 aromatic heterocycles. The number of aryl methyl sites for hydroxylation is 1. The summed E-state index contributed by atoms with van der Waals surface area (Å²) in [6.45, 7) is 2.48. The molecule has 0 radical (unpaired) electrons. The number of aliphatic hydroxyl groups is 1. The fraction of sp³-hybridized carbons (Fsp3) is 0.294. The van der Waals surface area contributed by atoms with Crippen LogP contribution in [0.2, 0.25) is 0 Å². The predicted molar refractivity (Wildman–Crippen MR) is 86.2 cm³/mol. The molecule has 3 heteroatoms. The van der Waals surface area contributed by atoms with E-state index in [0.29, 0.717) is 6.54 Å². The van der Waals surface area contributed by atoms with Crippen molar-refractivity contribution in [2.45, 2.75) is 23.8 Å². The smallest absolute Gasteiger partial charge is 0.0881 e. The van der Waals surface area contributed by atoms with Crippen LogP contribution in [0.3, 0.4) is 0 Å². The Balaban J connectivity index is 2.33. The molecule has 0 aliphatic carbocycles. The second-order valence-electron chi connectivity index (χ2n) is 4.94. The summed E-state index contributed by atoms with van der Waals surface area (Å²) >= 11 is 1.65. The molecule has 0 bridgehead atoms. The number of hydrogen-bond acceptors (Lipinski definition) is 3. The number of nitrogens with two attached hydrogens (primary N) is 1. The molecule has 2 unspecified atom stereocenters. The van der Waals surface area contributed by atoms with Crippen molar-refractivity contribution in [3.05, 3.63) is 65.2 Å². The third-order valence-electron chi connectivity index (χ3n) is 3.60. The molecule has 0 fully saturated rings. The molecule has 2 aromatic rings. The summed E-state index contributed by atoms with van der Waals surface area (Å²) in [7, 11) is 0. The Morgan fingerprint density at radius 3 is 2.35 bits per heavy atom. The van der Waals surface area contributed by atoms with Gasteiger partial charge in [0.25, 0.3) is 0 Å². The molecular weight excluding hydrogens is 266 g/mol. The van der Waals surface area contributed by atoms with Crippen molar-refractivity contribution in [1.29, 1.82) is 0 Å². The lowest BCUT2D eigenvalue weighted by Crippen LogP contribution is -2.20. The average molecular weight is 287 g/mol. The molecule has 0 aliphatic rings. The Hall–Kier alpha value is -1.29. The highest BCUT2D eigenvalue weighted by Gasteiger charge is 2.23. The van der Waals surface area contributed by atoms with Crippen LogP contribution >= 0.6 is 11.8 Å². The van der Waals surface area contributed by atoms with Crippen LogP contribution in [0.5, 0.6) is 0 Å². The molecular formula is C17H21NOS. The van der Waals surface area contributed by atoms with Crippen molar-refractivity contribution in [3.63, 3.8) is 0 Å². The van der Waals surface area contributed by atoms with Crippen LogP contribution in [0.15, 0.2) is 53.4 Å². The Kier molecular flexibility index (Phi) is 5.24. The van der Waals surface area contributed by atoms with Crippen molar-refractivity contribution < 1.29 is 5.11 Å². The molecule has 20 heavy (non-hydrogen) atoms. The lowest BCUT2D eigenvalue weighted by Gasteiger charge is -2.24. The SMILES string of the molecule is CSc1ccccc1C(O)C(CN)c1ccc(C)cc1. The molecule has 0 amide bonds. The number of rotatable bonds is 5. The van der Waals surface area contributed by atoms with Gasteiger partial charge < -0.3 is 10.8 Å². The van der Waals surface area contributed by atoms with Crippen LogP contribution < -0.4 is 5.73 Å². The second kappa shape index (κ2) is 6.93. The second-order valence-corrected chi connectivity index (χ2v) is 5.79. The first kappa shape index (κ1) is 15.1. The van der Waals surface area contributed by atoms with Gasteiger partial charge >= 0.3 is 0 Å². The molecule has 0 aliphatic heterocycles. The maximum absolute atomic E-state index is 10.7. The first-order valence-corrected chi connectivity index (χ1v) is 7.97. The summed E-state index contributed by atoms with van der Waals surface area (Å²) in [5.41, 5.74) is 9.16. The van der Waals surface area contributed by atoms with Gasteiger partial charge in [-0.05, 0) is 30.4 Å². The van der Waals surface area contributed by atoms with Gasteiger partial charge in [0.1, 0.15) is 0 Å². The lowest BCUT2D eigenvalue weighted by atomic mass is 9.89. The van der Waals surface area contributed by atoms with Gasteiger partial charge in [-0.25, -0.2) is 0 Å². The maximum atomic E-state index is 10.7. The fourth-order valence-electron chi connectivity index (χ4n) is 2.39. The van der Waals surface area contributed by atoms with Crippen LogP contribution in [0.25, 0.3) is 0 Å². The average Bonchev–Trinajstić information content (AvgIpc) is 2.49. The van der Waals surface area contributed by atoms with E-state index < -0.39 is 6.10 Å². The third-order valence-corrected chi connectivity index (χ3v) is 4.41. The predicted octanol–water partition coefficient (Wildman–Crippen LogP) is 3.49. The zero-order valence-electron chi connectivity index (χ0n) is 11.9. The Morgan fingerprint density at radius 2 is 1.75 bits per heavy atom. The highest BCUT2D eigenvalue weighted by molar-refractivity contribution is 7.98. The number of benzene rings is 2. The van der Waals surface area contributed by atoms with Gasteiger partial charge in [0, 0.05) is 17.4 Å². The lowest BCUT2D eigenvalue weighted by molar-refractivity contribution is 0.145. The van der Waals surface area contributed by atoms with E-state index in [-0.39, 0.29) is 5.92 Å². The van der Waals surface area contributed by atoms with Crippen LogP contribution in [-0.2, 0) is 0 Å². The molecule has 2 rings (SSSR count). The molecule has 106 valence electrons. The van der Waals surface area contributed by atoms with Crippen LogP contribution in [-0.4, -0.2) is 17.9 Å². The normalized spacial score (nSPS) is 14.0. The summed E-state index contributed by atoms with van der Waals surface area (Å²) in [4.78, 5) is 1.10. The van der Waals surface area contributed by atoms with Crippen LogP contribution in [0.1, 0.15) is 28.7 Å². The van der Waals surface area contributed by atoms with E-state index in [1.54, 1.807) is 11.8 Å². The largest absolute Gasteiger partial charge is 0.388 e. The van der Waals surface area contributed by atoms with Crippen molar-refractivity contribution in [1.82, 2.24) is 0 Å². The van der Waals surface area contributed by atoms with Crippen molar-refractivity contribution in [3.8, 4) is 0 Å². The van der Waals surface area contributed by atoms with Crippen LogP contribution in [0, 0.1) is 6.92 Å². The van der Waals surface area contributed by atoms with E-state index >= 15 is 0 Å². The van der Waals surface area contributed by atoms with Gasteiger partial charge in [0.05, 0.1) is 6.10 Å². The minimum atomic E-state index is -0.577. The highest BCUT2D eigenvalue weighted by atomic mass is 32.2. The van der Waals surface area contributed by atoms with E-state index in [1.165, 1.54) is 5.56 Å². The first-order valence-electron chi connectivity index (χ1n) is 6.75. The molecule has 2 nitrogen and oxygen atoms in total. The maximum Gasteiger partial charge on any atom is 0.0881 e. The standard InChI is InChI=1S/C17H21NOS/c1-12-7-9-13(10-8-12)15(11-18)17(19)14-5-3-4-6-16(14)20-2/h3-10,15,17,19H,11,18H2,1-2H3. The van der Waals surface area contributed by atoms with E-state index in [2.05, 4.69) is 31.2 Å². The quantitative estimate of drug-likeness (QED) is 0.827. The Bertz CT molecular complexity index is 553. The van der Waals surface area contributed by atoms with Crippen molar-refractivity contribution in [2.75, 3.05) is 12.8 Å². The molecule has 3 N–H and O–H groups in total. The van der Waals surface area contributed by atoms with E-state index in [9.17, 15) is 5.11 Å². The fourth-order valence-corrected chi connectivity index (χ4v) is 3.03. The summed E-state index contributed by atoms with van der Waals surface area (Å²) in [6.07, 6.45) is 1.45.